The van der Waals surface area contributed by atoms with Crippen molar-refractivity contribution in [2.45, 2.75) is 0 Å². The average Bonchev–Trinajstić information content (AvgIpc) is 3.34. The first-order valence-electron chi connectivity index (χ1n) is 9.75. The van der Waals surface area contributed by atoms with E-state index in [9.17, 15) is 19.7 Å². The number of piperazine rings is 1. The summed E-state index contributed by atoms with van der Waals surface area (Å²) < 4.78 is 0. The Hall–Kier alpha value is -3.72. The number of nitrogens with zero attached hydrogens (tertiary/aromatic N) is 3. The number of anilines is 2. The van der Waals surface area contributed by atoms with Crippen molar-refractivity contribution in [3.8, 4) is 0 Å². The largest absolute Gasteiger partial charge is 0.368 e. The third kappa shape index (κ3) is 4.72. The summed E-state index contributed by atoms with van der Waals surface area (Å²) in [6.07, 6.45) is 0. The van der Waals surface area contributed by atoms with Crippen molar-refractivity contribution in [3.05, 3.63) is 86.6 Å². The van der Waals surface area contributed by atoms with E-state index in [4.69, 9.17) is 0 Å². The molecule has 8 nitrogen and oxygen atoms in total. The molecule has 2 amide bonds. The molecular formula is C22H20N4O4S. The van der Waals surface area contributed by atoms with Crippen LogP contribution in [0.25, 0.3) is 0 Å². The lowest BCUT2D eigenvalue weighted by molar-refractivity contribution is -0.384. The predicted molar refractivity (Wildman–Crippen MR) is 120 cm³/mol. The Morgan fingerprint density at radius 1 is 0.968 bits per heavy atom. The number of non-ortho nitro benzene ring substituents is 1. The summed E-state index contributed by atoms with van der Waals surface area (Å²) >= 11 is 1.46. The summed E-state index contributed by atoms with van der Waals surface area (Å²) in [5.74, 6) is -0.328. The van der Waals surface area contributed by atoms with Crippen LogP contribution in [-0.2, 0) is 0 Å². The zero-order valence-corrected chi connectivity index (χ0v) is 17.4. The molecular weight excluding hydrogens is 416 g/mol. The van der Waals surface area contributed by atoms with Gasteiger partial charge in [0.15, 0.2) is 0 Å². The second-order valence-electron chi connectivity index (χ2n) is 7.06. The first kappa shape index (κ1) is 20.5. The molecule has 0 bridgehead atoms. The summed E-state index contributed by atoms with van der Waals surface area (Å²) in [7, 11) is 0. The molecule has 0 unspecified atom stereocenters. The standard InChI is InChI=1S/C22H20N4O4S/c27-21(16-3-1-4-19(15-16)26(29)30)23-17-6-8-18(9-7-17)24-10-12-25(13-11-24)22(28)20-5-2-14-31-20/h1-9,14-15H,10-13H2,(H,23,27). The Bertz CT molecular complexity index is 1090. The van der Waals surface area contributed by atoms with Gasteiger partial charge in [0.1, 0.15) is 0 Å². The Balaban J connectivity index is 1.34. The molecule has 2 aromatic carbocycles. The van der Waals surface area contributed by atoms with Crippen LogP contribution in [-0.4, -0.2) is 47.8 Å². The number of carbonyl (C=O) groups excluding carboxylic acids is 2. The maximum absolute atomic E-state index is 12.5. The minimum Gasteiger partial charge on any atom is -0.368 e. The number of amides is 2. The molecule has 31 heavy (non-hydrogen) atoms. The van der Waals surface area contributed by atoms with Gasteiger partial charge in [-0.25, -0.2) is 0 Å². The van der Waals surface area contributed by atoms with Gasteiger partial charge in [0.05, 0.1) is 9.80 Å². The van der Waals surface area contributed by atoms with E-state index < -0.39 is 10.8 Å². The minimum absolute atomic E-state index is 0.0776. The molecule has 158 valence electrons. The quantitative estimate of drug-likeness (QED) is 0.484. The molecule has 1 N–H and O–H groups in total. The molecule has 1 aromatic heterocycles. The van der Waals surface area contributed by atoms with Crippen molar-refractivity contribution in [2.75, 3.05) is 36.4 Å². The summed E-state index contributed by atoms with van der Waals surface area (Å²) in [5, 5.41) is 15.6. The topological polar surface area (TPSA) is 95.8 Å². The van der Waals surface area contributed by atoms with E-state index in [0.717, 1.165) is 23.7 Å². The molecule has 3 aromatic rings. The van der Waals surface area contributed by atoms with Crippen LogP contribution in [0.15, 0.2) is 66.0 Å². The molecule has 1 aliphatic rings. The predicted octanol–water partition coefficient (Wildman–Crippen LogP) is 3.87. The number of rotatable bonds is 5. The van der Waals surface area contributed by atoms with E-state index in [1.807, 2.05) is 34.5 Å². The van der Waals surface area contributed by atoms with E-state index >= 15 is 0 Å². The van der Waals surface area contributed by atoms with Crippen molar-refractivity contribution in [3.63, 3.8) is 0 Å². The Morgan fingerprint density at radius 3 is 2.35 bits per heavy atom. The maximum Gasteiger partial charge on any atom is 0.270 e. The van der Waals surface area contributed by atoms with Crippen LogP contribution >= 0.6 is 11.3 Å². The van der Waals surface area contributed by atoms with Gasteiger partial charge >= 0.3 is 0 Å². The maximum atomic E-state index is 12.5. The highest BCUT2D eigenvalue weighted by atomic mass is 32.1. The van der Waals surface area contributed by atoms with Crippen molar-refractivity contribution in [2.24, 2.45) is 0 Å². The van der Waals surface area contributed by atoms with Crippen LogP contribution in [0.5, 0.6) is 0 Å². The van der Waals surface area contributed by atoms with Gasteiger partial charge in [-0.1, -0.05) is 12.1 Å². The van der Waals surface area contributed by atoms with Crippen LogP contribution in [0, 0.1) is 10.1 Å². The molecule has 1 saturated heterocycles. The normalized spacial score (nSPS) is 13.7. The second-order valence-corrected chi connectivity index (χ2v) is 8.01. The van der Waals surface area contributed by atoms with E-state index in [1.54, 1.807) is 12.1 Å². The average molecular weight is 436 g/mol. The minimum atomic E-state index is -0.528. The van der Waals surface area contributed by atoms with Crippen LogP contribution in [0.4, 0.5) is 17.1 Å². The van der Waals surface area contributed by atoms with Gasteiger partial charge in [0.25, 0.3) is 17.5 Å². The fourth-order valence-corrected chi connectivity index (χ4v) is 4.13. The van der Waals surface area contributed by atoms with Crippen molar-refractivity contribution in [1.29, 1.82) is 0 Å². The molecule has 0 aliphatic carbocycles. The number of hydrogen-bond donors (Lipinski definition) is 1. The molecule has 1 fully saturated rings. The fourth-order valence-electron chi connectivity index (χ4n) is 3.44. The third-order valence-electron chi connectivity index (χ3n) is 5.11. The molecule has 2 heterocycles. The van der Waals surface area contributed by atoms with Gasteiger partial charge in [-0.05, 0) is 41.8 Å². The van der Waals surface area contributed by atoms with Crippen molar-refractivity contribution in [1.82, 2.24) is 4.90 Å². The summed E-state index contributed by atoms with van der Waals surface area (Å²) in [5.41, 5.74) is 1.72. The smallest absolute Gasteiger partial charge is 0.270 e. The lowest BCUT2D eigenvalue weighted by Crippen LogP contribution is -2.48. The SMILES string of the molecule is O=C(Nc1ccc(N2CCN(C(=O)c3cccs3)CC2)cc1)c1cccc([N+](=O)[O-])c1. The molecule has 1 aliphatic heterocycles. The first-order chi connectivity index (χ1) is 15.0. The number of carbonyl (C=O) groups is 2. The first-order valence-corrected chi connectivity index (χ1v) is 10.6. The number of benzene rings is 2. The lowest BCUT2D eigenvalue weighted by atomic mass is 10.1. The highest BCUT2D eigenvalue weighted by Crippen LogP contribution is 2.22. The highest BCUT2D eigenvalue weighted by Gasteiger charge is 2.23. The van der Waals surface area contributed by atoms with E-state index in [1.165, 1.54) is 35.6 Å². The molecule has 0 saturated carbocycles. The van der Waals surface area contributed by atoms with Gasteiger partial charge in [-0.15, -0.1) is 11.3 Å². The third-order valence-corrected chi connectivity index (χ3v) is 5.97. The number of nitro groups is 1. The molecule has 0 atom stereocenters. The van der Waals surface area contributed by atoms with Crippen LogP contribution < -0.4 is 10.2 Å². The summed E-state index contributed by atoms with van der Waals surface area (Å²) in [6, 6.07) is 16.8. The van der Waals surface area contributed by atoms with E-state index in [0.29, 0.717) is 18.8 Å². The number of nitro benzene ring substituents is 1. The van der Waals surface area contributed by atoms with Crippen molar-refractivity contribution >= 4 is 40.2 Å². The monoisotopic (exact) mass is 436 g/mol. The highest BCUT2D eigenvalue weighted by molar-refractivity contribution is 7.12. The Kier molecular flexibility index (Phi) is 5.94. The fraction of sp³-hybridized carbons (Fsp3) is 0.182. The molecule has 0 radical (unpaired) electrons. The summed E-state index contributed by atoms with van der Waals surface area (Å²) in [4.78, 5) is 40.0. The van der Waals surface area contributed by atoms with Gasteiger partial charge < -0.3 is 15.1 Å². The Morgan fingerprint density at radius 2 is 1.71 bits per heavy atom. The van der Waals surface area contributed by atoms with E-state index in [-0.39, 0.29) is 17.2 Å². The van der Waals surface area contributed by atoms with Gasteiger partial charge in [0.2, 0.25) is 0 Å². The zero-order chi connectivity index (χ0) is 21.8. The van der Waals surface area contributed by atoms with Gasteiger partial charge in [-0.3, -0.25) is 19.7 Å². The molecule has 4 rings (SSSR count). The second kappa shape index (κ2) is 8.97. The van der Waals surface area contributed by atoms with Crippen LogP contribution in [0.1, 0.15) is 20.0 Å². The number of nitrogens with one attached hydrogen (secondary N) is 1. The lowest BCUT2D eigenvalue weighted by Gasteiger charge is -2.36. The molecule has 0 spiro atoms. The van der Waals surface area contributed by atoms with Gasteiger partial charge in [-0.2, -0.15) is 0 Å². The van der Waals surface area contributed by atoms with Gasteiger partial charge in [0, 0.05) is 55.2 Å². The number of hydrogen-bond acceptors (Lipinski definition) is 6. The number of thiophene rings is 1. The summed E-state index contributed by atoms with van der Waals surface area (Å²) in [6.45, 7) is 2.77. The zero-order valence-electron chi connectivity index (χ0n) is 16.6. The molecule has 9 heteroatoms. The van der Waals surface area contributed by atoms with Crippen LogP contribution in [0.2, 0.25) is 0 Å². The van der Waals surface area contributed by atoms with E-state index in [2.05, 4.69) is 10.2 Å². The Labute approximate surface area is 182 Å². The van der Waals surface area contributed by atoms with Crippen molar-refractivity contribution < 1.29 is 14.5 Å². The van der Waals surface area contributed by atoms with Crippen LogP contribution in [0.3, 0.4) is 0 Å².